The largest absolute Gasteiger partial charge is 0.309 e. The van der Waals surface area contributed by atoms with Gasteiger partial charge >= 0.3 is 0 Å². The third-order valence-corrected chi connectivity index (χ3v) is 4.13. The maximum atomic E-state index is 3.73. The van der Waals surface area contributed by atoms with E-state index < -0.39 is 0 Å². The zero-order chi connectivity index (χ0) is 15.7. The lowest BCUT2D eigenvalue weighted by Gasteiger charge is -2.19. The normalized spacial score (nSPS) is 12.0. The van der Waals surface area contributed by atoms with Gasteiger partial charge in [0.2, 0.25) is 0 Å². The fourth-order valence-electron chi connectivity index (χ4n) is 2.88. The molecule has 3 aromatic carbocycles. The minimum Gasteiger partial charge on any atom is -0.309 e. The summed E-state index contributed by atoms with van der Waals surface area (Å²) in [7, 11) is 0. The molecule has 0 aliphatic rings. The monoisotopic (exact) mass is 301 g/mol. The first-order valence-electron chi connectivity index (χ1n) is 8.28. The number of hydrogen-bond acceptors (Lipinski definition) is 1. The van der Waals surface area contributed by atoms with Gasteiger partial charge in [-0.2, -0.15) is 0 Å². The fourth-order valence-corrected chi connectivity index (χ4v) is 2.88. The van der Waals surface area contributed by atoms with E-state index in [-0.39, 0.29) is 0 Å². The average Bonchev–Trinajstić information content (AvgIpc) is 2.63. The molecule has 116 valence electrons. The molecule has 3 rings (SSSR count). The van der Waals surface area contributed by atoms with Crippen LogP contribution in [0.1, 0.15) is 22.7 Å². The third-order valence-electron chi connectivity index (χ3n) is 4.13. The van der Waals surface area contributed by atoms with E-state index in [9.17, 15) is 0 Å². The minimum absolute atomic E-state index is 0.349. The summed E-state index contributed by atoms with van der Waals surface area (Å²) in [6, 6.07) is 32.4. The van der Waals surface area contributed by atoms with Gasteiger partial charge in [-0.05, 0) is 36.1 Å². The maximum Gasteiger partial charge on any atom is 0.0360 e. The van der Waals surface area contributed by atoms with Crippen LogP contribution in [0.2, 0.25) is 0 Å². The Balaban J connectivity index is 1.65. The lowest BCUT2D eigenvalue weighted by Crippen LogP contribution is -2.25. The zero-order valence-corrected chi connectivity index (χ0v) is 13.4. The summed E-state index contributed by atoms with van der Waals surface area (Å²) >= 11 is 0. The fraction of sp³-hybridized carbons (Fsp3) is 0.182. The van der Waals surface area contributed by atoms with E-state index in [1.54, 1.807) is 0 Å². The molecule has 3 aromatic rings. The Morgan fingerprint density at radius 2 is 1.13 bits per heavy atom. The van der Waals surface area contributed by atoms with Crippen LogP contribution in [0.4, 0.5) is 0 Å². The molecule has 0 saturated carbocycles. The maximum absolute atomic E-state index is 3.73. The highest BCUT2D eigenvalue weighted by molar-refractivity contribution is 5.24. The molecule has 0 bridgehead atoms. The average molecular weight is 301 g/mol. The van der Waals surface area contributed by atoms with Gasteiger partial charge in [-0.25, -0.2) is 0 Å². The molecule has 1 atom stereocenters. The predicted molar refractivity (Wildman–Crippen MR) is 97.5 cm³/mol. The van der Waals surface area contributed by atoms with E-state index in [1.807, 2.05) is 0 Å². The number of nitrogens with one attached hydrogen (secondary N) is 1. The van der Waals surface area contributed by atoms with Crippen molar-refractivity contribution < 1.29 is 0 Å². The molecule has 0 radical (unpaired) electrons. The van der Waals surface area contributed by atoms with Gasteiger partial charge in [0.15, 0.2) is 0 Å². The van der Waals surface area contributed by atoms with Gasteiger partial charge in [-0.3, -0.25) is 0 Å². The molecule has 1 heteroatoms. The van der Waals surface area contributed by atoms with Crippen LogP contribution in [0.3, 0.4) is 0 Å². The molecule has 0 spiro atoms. The van der Waals surface area contributed by atoms with Crippen molar-refractivity contribution >= 4 is 0 Å². The second-order valence-corrected chi connectivity index (χ2v) is 5.84. The van der Waals surface area contributed by atoms with E-state index in [0.717, 1.165) is 19.4 Å². The Morgan fingerprint density at radius 3 is 1.74 bits per heavy atom. The van der Waals surface area contributed by atoms with Crippen LogP contribution in [0.15, 0.2) is 91.0 Å². The van der Waals surface area contributed by atoms with Crippen molar-refractivity contribution in [1.82, 2.24) is 5.32 Å². The number of benzene rings is 3. The standard InChI is InChI=1S/C22H23N/c1-4-10-19(11-5-1)16-17-23-22(21-14-8-3-9-15-21)18-20-12-6-2-7-13-20/h1-15,22-23H,16-18H2/t22-/m1/s1. The summed E-state index contributed by atoms with van der Waals surface area (Å²) in [5.41, 5.74) is 4.10. The molecule has 0 unspecified atom stereocenters. The molecule has 0 aliphatic carbocycles. The highest BCUT2D eigenvalue weighted by atomic mass is 14.9. The summed E-state index contributed by atoms with van der Waals surface area (Å²) in [4.78, 5) is 0. The van der Waals surface area contributed by atoms with Gasteiger partial charge in [-0.15, -0.1) is 0 Å². The van der Waals surface area contributed by atoms with Crippen LogP contribution in [0.25, 0.3) is 0 Å². The molecular weight excluding hydrogens is 278 g/mol. The van der Waals surface area contributed by atoms with Gasteiger partial charge in [0, 0.05) is 6.04 Å². The first-order chi connectivity index (χ1) is 11.4. The van der Waals surface area contributed by atoms with Crippen molar-refractivity contribution in [1.29, 1.82) is 0 Å². The van der Waals surface area contributed by atoms with E-state index in [2.05, 4.69) is 96.3 Å². The molecule has 0 aliphatic heterocycles. The Kier molecular flexibility index (Phi) is 5.60. The van der Waals surface area contributed by atoms with Crippen LogP contribution in [0, 0.1) is 0 Å². The molecule has 1 nitrogen and oxygen atoms in total. The van der Waals surface area contributed by atoms with E-state index >= 15 is 0 Å². The molecule has 1 N–H and O–H groups in total. The smallest absolute Gasteiger partial charge is 0.0360 e. The SMILES string of the molecule is c1ccc(CCN[C@H](Cc2ccccc2)c2ccccc2)cc1. The quantitative estimate of drug-likeness (QED) is 0.661. The molecular formula is C22H23N. The molecule has 23 heavy (non-hydrogen) atoms. The van der Waals surface area contributed by atoms with E-state index in [4.69, 9.17) is 0 Å². The Labute approximate surface area is 139 Å². The Hall–Kier alpha value is -2.38. The third kappa shape index (κ3) is 4.80. The number of rotatable bonds is 7. The molecule has 0 amide bonds. The topological polar surface area (TPSA) is 12.0 Å². The lowest BCUT2D eigenvalue weighted by molar-refractivity contribution is 0.534. The van der Waals surface area contributed by atoms with Crippen molar-refractivity contribution in [3.8, 4) is 0 Å². The van der Waals surface area contributed by atoms with Crippen molar-refractivity contribution in [2.75, 3.05) is 6.54 Å². The minimum atomic E-state index is 0.349. The molecule has 0 aromatic heterocycles. The Bertz CT molecular complexity index is 677. The first-order valence-corrected chi connectivity index (χ1v) is 8.28. The van der Waals surface area contributed by atoms with Gasteiger partial charge in [0.25, 0.3) is 0 Å². The second-order valence-electron chi connectivity index (χ2n) is 5.84. The second kappa shape index (κ2) is 8.30. The van der Waals surface area contributed by atoms with Crippen molar-refractivity contribution in [3.63, 3.8) is 0 Å². The summed E-state index contributed by atoms with van der Waals surface area (Å²) in [5, 5.41) is 3.73. The summed E-state index contributed by atoms with van der Waals surface area (Å²) < 4.78 is 0. The zero-order valence-electron chi connectivity index (χ0n) is 13.4. The van der Waals surface area contributed by atoms with Crippen LogP contribution in [0.5, 0.6) is 0 Å². The van der Waals surface area contributed by atoms with Crippen molar-refractivity contribution in [2.24, 2.45) is 0 Å². The predicted octanol–water partition coefficient (Wildman–Crippen LogP) is 4.80. The summed E-state index contributed by atoms with van der Waals surface area (Å²) in [5.74, 6) is 0. The van der Waals surface area contributed by atoms with E-state index in [0.29, 0.717) is 6.04 Å². The van der Waals surface area contributed by atoms with Crippen molar-refractivity contribution in [3.05, 3.63) is 108 Å². The lowest BCUT2D eigenvalue weighted by atomic mass is 9.98. The van der Waals surface area contributed by atoms with Crippen molar-refractivity contribution in [2.45, 2.75) is 18.9 Å². The van der Waals surface area contributed by atoms with Crippen LogP contribution in [-0.4, -0.2) is 6.54 Å². The highest BCUT2D eigenvalue weighted by Crippen LogP contribution is 2.18. The van der Waals surface area contributed by atoms with E-state index in [1.165, 1.54) is 16.7 Å². The number of hydrogen-bond donors (Lipinski definition) is 1. The molecule has 0 fully saturated rings. The van der Waals surface area contributed by atoms with Gasteiger partial charge in [0.05, 0.1) is 0 Å². The summed E-state index contributed by atoms with van der Waals surface area (Å²) in [6.07, 6.45) is 2.07. The van der Waals surface area contributed by atoms with Crippen LogP contribution in [-0.2, 0) is 12.8 Å². The van der Waals surface area contributed by atoms with Crippen LogP contribution < -0.4 is 5.32 Å². The first kappa shape index (κ1) is 15.5. The van der Waals surface area contributed by atoms with Gasteiger partial charge < -0.3 is 5.32 Å². The molecule has 0 saturated heterocycles. The van der Waals surface area contributed by atoms with Crippen LogP contribution >= 0.6 is 0 Å². The van der Waals surface area contributed by atoms with Gasteiger partial charge in [-0.1, -0.05) is 91.0 Å². The highest BCUT2D eigenvalue weighted by Gasteiger charge is 2.11. The molecule has 0 heterocycles. The summed E-state index contributed by atoms with van der Waals surface area (Å²) in [6.45, 7) is 0.983. The Morgan fingerprint density at radius 1 is 0.609 bits per heavy atom. The van der Waals surface area contributed by atoms with Gasteiger partial charge in [0.1, 0.15) is 0 Å².